The lowest BCUT2D eigenvalue weighted by atomic mass is 10.1. The van der Waals surface area contributed by atoms with Crippen molar-refractivity contribution in [1.29, 1.82) is 0 Å². The molecule has 1 aromatic rings. The van der Waals surface area contributed by atoms with Gasteiger partial charge >= 0.3 is 0 Å². The number of hydrogen-bond acceptors (Lipinski definition) is 4. The Kier molecular flexibility index (Phi) is 4.65. The lowest BCUT2D eigenvalue weighted by molar-refractivity contribution is -0.130. The van der Waals surface area contributed by atoms with Crippen molar-refractivity contribution < 1.29 is 17.9 Å². The number of carbonyl (C=O) groups is 1. The van der Waals surface area contributed by atoms with E-state index in [0.29, 0.717) is 5.56 Å². The van der Waals surface area contributed by atoms with Crippen LogP contribution in [-0.4, -0.2) is 43.9 Å². The topological polar surface area (TPSA) is 89.7 Å². The highest BCUT2D eigenvalue weighted by molar-refractivity contribution is 7.88. The van der Waals surface area contributed by atoms with Crippen LogP contribution in [0.25, 0.3) is 0 Å². The van der Waals surface area contributed by atoms with Gasteiger partial charge in [-0.15, -0.1) is 0 Å². The third-order valence-electron chi connectivity index (χ3n) is 3.53. The van der Waals surface area contributed by atoms with Crippen molar-refractivity contribution in [1.82, 2.24) is 4.31 Å². The number of primary amides is 1. The number of benzene rings is 1. The first-order valence-corrected chi connectivity index (χ1v) is 8.38. The second-order valence-corrected chi connectivity index (χ2v) is 7.20. The van der Waals surface area contributed by atoms with Crippen molar-refractivity contribution in [2.24, 2.45) is 5.73 Å². The third kappa shape index (κ3) is 3.61. The van der Waals surface area contributed by atoms with Gasteiger partial charge in [-0.1, -0.05) is 29.8 Å². The van der Waals surface area contributed by atoms with Gasteiger partial charge in [0.05, 0.1) is 18.5 Å². The maximum Gasteiger partial charge on any atom is 0.238 e. The fraction of sp³-hybridized carbons (Fsp3) is 0.500. The summed E-state index contributed by atoms with van der Waals surface area (Å²) in [6.45, 7) is 3.97. The van der Waals surface area contributed by atoms with E-state index in [-0.39, 0.29) is 18.9 Å². The van der Waals surface area contributed by atoms with Crippen LogP contribution in [0.2, 0.25) is 0 Å². The zero-order chi connectivity index (χ0) is 15.6. The van der Waals surface area contributed by atoms with Crippen molar-refractivity contribution in [2.75, 3.05) is 13.2 Å². The second-order valence-electron chi connectivity index (χ2n) is 5.28. The third-order valence-corrected chi connectivity index (χ3v) is 5.35. The van der Waals surface area contributed by atoms with Crippen LogP contribution in [0.15, 0.2) is 24.3 Å². The average Bonchev–Trinajstić information content (AvgIpc) is 2.37. The molecule has 1 fully saturated rings. The Morgan fingerprint density at radius 3 is 2.81 bits per heavy atom. The standard InChI is InChI=1S/C14H20N2O4S/c1-10-4-3-5-12(8-10)9-21(18,19)16-6-7-20-11(2)13(16)14(15)17/h3-5,8,11,13H,6-7,9H2,1-2H3,(H2,15,17)/t11-,13+/m1/s1. The molecule has 1 aliphatic rings. The van der Waals surface area contributed by atoms with E-state index in [1.165, 1.54) is 4.31 Å². The lowest BCUT2D eigenvalue weighted by Crippen LogP contribution is -2.58. The van der Waals surface area contributed by atoms with E-state index >= 15 is 0 Å². The number of carbonyl (C=O) groups excluding carboxylic acids is 1. The molecule has 0 spiro atoms. The van der Waals surface area contributed by atoms with Crippen LogP contribution in [-0.2, 0) is 25.3 Å². The molecule has 0 unspecified atom stereocenters. The van der Waals surface area contributed by atoms with E-state index in [4.69, 9.17) is 10.5 Å². The highest BCUT2D eigenvalue weighted by Gasteiger charge is 2.40. The molecule has 0 bridgehead atoms. The van der Waals surface area contributed by atoms with Gasteiger partial charge in [0.25, 0.3) is 0 Å². The summed E-state index contributed by atoms with van der Waals surface area (Å²) >= 11 is 0. The molecule has 1 heterocycles. The van der Waals surface area contributed by atoms with Crippen LogP contribution < -0.4 is 5.73 Å². The summed E-state index contributed by atoms with van der Waals surface area (Å²) in [5.74, 6) is -0.833. The maximum absolute atomic E-state index is 12.6. The van der Waals surface area contributed by atoms with Crippen molar-refractivity contribution in [2.45, 2.75) is 31.7 Å². The van der Waals surface area contributed by atoms with Crippen LogP contribution in [0.4, 0.5) is 0 Å². The highest BCUT2D eigenvalue weighted by atomic mass is 32.2. The van der Waals surface area contributed by atoms with Crippen LogP contribution in [0, 0.1) is 6.92 Å². The van der Waals surface area contributed by atoms with Gasteiger partial charge in [0.1, 0.15) is 6.04 Å². The van der Waals surface area contributed by atoms with Gasteiger partial charge in [-0.05, 0) is 19.4 Å². The van der Waals surface area contributed by atoms with E-state index in [0.717, 1.165) is 5.56 Å². The first-order chi connectivity index (χ1) is 9.81. The summed E-state index contributed by atoms with van der Waals surface area (Å²) in [7, 11) is -3.63. The molecule has 21 heavy (non-hydrogen) atoms. The Bertz CT molecular complexity index is 630. The summed E-state index contributed by atoms with van der Waals surface area (Å²) in [6, 6.07) is 6.34. The quantitative estimate of drug-likeness (QED) is 0.871. The number of nitrogens with zero attached hydrogens (tertiary/aromatic N) is 1. The van der Waals surface area contributed by atoms with Crippen LogP contribution in [0.3, 0.4) is 0 Å². The number of nitrogens with two attached hydrogens (primary N) is 1. The molecule has 1 aliphatic heterocycles. The van der Waals surface area contributed by atoms with Gasteiger partial charge in [0, 0.05) is 6.54 Å². The van der Waals surface area contributed by atoms with Gasteiger partial charge in [0.15, 0.2) is 0 Å². The van der Waals surface area contributed by atoms with E-state index in [1.807, 2.05) is 25.1 Å². The van der Waals surface area contributed by atoms with Gasteiger partial charge < -0.3 is 10.5 Å². The molecule has 0 aromatic heterocycles. The van der Waals surface area contributed by atoms with Crippen molar-refractivity contribution >= 4 is 15.9 Å². The Morgan fingerprint density at radius 1 is 1.48 bits per heavy atom. The minimum absolute atomic E-state index is 0.145. The number of amides is 1. The smallest absolute Gasteiger partial charge is 0.238 e. The summed E-state index contributed by atoms with van der Waals surface area (Å²) < 4.78 is 31.7. The fourth-order valence-electron chi connectivity index (χ4n) is 2.57. The van der Waals surface area contributed by atoms with Crippen molar-refractivity contribution in [3.63, 3.8) is 0 Å². The zero-order valence-electron chi connectivity index (χ0n) is 12.2. The molecule has 1 amide bonds. The Morgan fingerprint density at radius 2 is 2.19 bits per heavy atom. The molecule has 0 aliphatic carbocycles. The second kappa shape index (κ2) is 6.13. The minimum Gasteiger partial charge on any atom is -0.375 e. The molecule has 2 N–H and O–H groups in total. The number of ether oxygens (including phenoxy) is 1. The fourth-order valence-corrected chi connectivity index (χ4v) is 4.31. The Labute approximate surface area is 124 Å². The monoisotopic (exact) mass is 312 g/mol. The van der Waals surface area contributed by atoms with E-state index < -0.39 is 28.1 Å². The van der Waals surface area contributed by atoms with Crippen LogP contribution >= 0.6 is 0 Å². The molecule has 2 atom stereocenters. The molecule has 6 nitrogen and oxygen atoms in total. The molecule has 0 radical (unpaired) electrons. The summed E-state index contributed by atoms with van der Waals surface area (Å²) in [4.78, 5) is 11.6. The Balaban J connectivity index is 2.27. The first kappa shape index (κ1) is 15.9. The van der Waals surface area contributed by atoms with Gasteiger partial charge in [-0.2, -0.15) is 4.31 Å². The summed E-state index contributed by atoms with van der Waals surface area (Å²) in [5, 5.41) is 0. The molecule has 2 rings (SSSR count). The normalized spacial score (nSPS) is 23.9. The highest BCUT2D eigenvalue weighted by Crippen LogP contribution is 2.21. The number of hydrogen-bond donors (Lipinski definition) is 1. The largest absolute Gasteiger partial charge is 0.375 e. The number of rotatable bonds is 4. The first-order valence-electron chi connectivity index (χ1n) is 6.77. The van der Waals surface area contributed by atoms with E-state index in [2.05, 4.69) is 0 Å². The van der Waals surface area contributed by atoms with Gasteiger partial charge in [0.2, 0.25) is 15.9 Å². The number of morpholine rings is 1. The molecule has 1 aromatic carbocycles. The predicted octanol–water partition coefficient (Wildman–Crippen LogP) is 0.399. The summed E-state index contributed by atoms with van der Waals surface area (Å²) in [5.41, 5.74) is 7.02. The maximum atomic E-state index is 12.6. The number of aryl methyl sites for hydroxylation is 1. The van der Waals surface area contributed by atoms with Gasteiger partial charge in [-0.3, -0.25) is 4.79 Å². The molecular weight excluding hydrogens is 292 g/mol. The zero-order valence-corrected chi connectivity index (χ0v) is 13.0. The van der Waals surface area contributed by atoms with Crippen molar-refractivity contribution in [3.05, 3.63) is 35.4 Å². The van der Waals surface area contributed by atoms with Crippen LogP contribution in [0.5, 0.6) is 0 Å². The van der Waals surface area contributed by atoms with Gasteiger partial charge in [-0.25, -0.2) is 8.42 Å². The van der Waals surface area contributed by atoms with E-state index in [9.17, 15) is 13.2 Å². The van der Waals surface area contributed by atoms with E-state index in [1.54, 1.807) is 13.0 Å². The predicted molar refractivity (Wildman–Crippen MR) is 78.9 cm³/mol. The molecule has 7 heteroatoms. The van der Waals surface area contributed by atoms with Crippen molar-refractivity contribution in [3.8, 4) is 0 Å². The molecule has 1 saturated heterocycles. The Hall–Kier alpha value is -1.44. The minimum atomic E-state index is -3.63. The molecule has 116 valence electrons. The lowest BCUT2D eigenvalue weighted by Gasteiger charge is -2.36. The molecular formula is C14H20N2O4S. The summed E-state index contributed by atoms with van der Waals surface area (Å²) in [6.07, 6.45) is -0.538. The number of sulfonamides is 1. The average molecular weight is 312 g/mol. The van der Waals surface area contributed by atoms with Crippen LogP contribution in [0.1, 0.15) is 18.1 Å². The SMILES string of the molecule is Cc1cccc(CS(=O)(=O)N2CCO[C@H](C)[C@H]2C(N)=O)c1. The molecule has 0 saturated carbocycles.